The Morgan fingerprint density at radius 1 is 1.38 bits per heavy atom. The molecule has 0 aliphatic rings. The van der Waals surface area contributed by atoms with Crippen molar-refractivity contribution >= 4 is 16.9 Å². The van der Waals surface area contributed by atoms with Gasteiger partial charge in [0.25, 0.3) is 0 Å². The molecule has 84 valence electrons. The van der Waals surface area contributed by atoms with E-state index >= 15 is 0 Å². The molecule has 0 aliphatic heterocycles. The van der Waals surface area contributed by atoms with Crippen molar-refractivity contribution in [1.29, 1.82) is 0 Å². The van der Waals surface area contributed by atoms with E-state index in [1.165, 1.54) is 0 Å². The number of hydrogen-bond acceptors (Lipinski definition) is 1. The van der Waals surface area contributed by atoms with Crippen molar-refractivity contribution in [1.82, 2.24) is 4.57 Å². The van der Waals surface area contributed by atoms with E-state index in [9.17, 15) is 4.79 Å². The van der Waals surface area contributed by atoms with Crippen LogP contribution < -0.4 is 0 Å². The Bertz CT molecular complexity index is 514. The summed E-state index contributed by atoms with van der Waals surface area (Å²) in [6.07, 6.45) is 1.10. The van der Waals surface area contributed by atoms with Gasteiger partial charge in [0.2, 0.25) is 0 Å². The fraction of sp³-hybridized carbons (Fsp3) is 0.308. The summed E-state index contributed by atoms with van der Waals surface area (Å²) in [7, 11) is 0. The van der Waals surface area contributed by atoms with Crippen LogP contribution in [0, 0.1) is 0 Å². The molecule has 0 saturated carbocycles. The van der Waals surface area contributed by atoms with E-state index in [1.54, 1.807) is 0 Å². The standard InChI is InChI=1S/C13H15NO2/c1-2-7-14-11(9-13(15)16)8-10-5-3-4-6-12(10)14/h3-6,8H,2,7,9H2,1H3,(H,15,16). The number of carbonyl (C=O) groups is 1. The summed E-state index contributed by atoms with van der Waals surface area (Å²) >= 11 is 0. The van der Waals surface area contributed by atoms with Gasteiger partial charge in [0, 0.05) is 17.8 Å². The molecule has 1 N–H and O–H groups in total. The number of aliphatic carboxylic acids is 1. The minimum atomic E-state index is -0.778. The lowest BCUT2D eigenvalue weighted by atomic mass is 10.2. The third-order valence-corrected chi connectivity index (χ3v) is 2.68. The summed E-state index contributed by atoms with van der Waals surface area (Å²) in [5.74, 6) is -0.778. The average molecular weight is 217 g/mol. The quantitative estimate of drug-likeness (QED) is 0.855. The van der Waals surface area contributed by atoms with Crippen LogP contribution in [0.4, 0.5) is 0 Å². The number of fused-ring (bicyclic) bond motifs is 1. The Labute approximate surface area is 94.3 Å². The highest BCUT2D eigenvalue weighted by Gasteiger charge is 2.10. The van der Waals surface area contributed by atoms with E-state index < -0.39 is 5.97 Å². The van der Waals surface area contributed by atoms with E-state index in [-0.39, 0.29) is 6.42 Å². The second-order valence-corrected chi connectivity index (χ2v) is 3.92. The first kappa shape index (κ1) is 10.7. The van der Waals surface area contributed by atoms with Gasteiger partial charge in [-0.05, 0) is 23.9 Å². The molecule has 0 unspecified atom stereocenters. The van der Waals surface area contributed by atoms with Crippen molar-refractivity contribution in [3.8, 4) is 0 Å². The van der Waals surface area contributed by atoms with Gasteiger partial charge in [0.1, 0.15) is 0 Å². The maximum atomic E-state index is 10.8. The summed E-state index contributed by atoms with van der Waals surface area (Å²) in [6.45, 7) is 2.97. The van der Waals surface area contributed by atoms with Crippen LogP contribution in [0.3, 0.4) is 0 Å². The molecule has 2 rings (SSSR count). The number of carboxylic acids is 1. The largest absolute Gasteiger partial charge is 0.481 e. The molecule has 0 fully saturated rings. The Morgan fingerprint density at radius 2 is 2.12 bits per heavy atom. The van der Waals surface area contributed by atoms with Crippen molar-refractivity contribution in [2.75, 3.05) is 0 Å². The minimum absolute atomic E-state index is 0.0919. The Morgan fingerprint density at radius 3 is 2.81 bits per heavy atom. The van der Waals surface area contributed by atoms with Gasteiger partial charge in [-0.25, -0.2) is 0 Å². The number of hydrogen-bond donors (Lipinski definition) is 1. The van der Waals surface area contributed by atoms with Crippen LogP contribution in [-0.2, 0) is 17.8 Å². The lowest BCUT2D eigenvalue weighted by Gasteiger charge is -2.07. The SMILES string of the molecule is CCCn1c(CC(=O)O)cc2ccccc21. The normalized spacial score (nSPS) is 10.8. The molecule has 0 aliphatic carbocycles. The molecule has 3 nitrogen and oxygen atoms in total. The number of rotatable bonds is 4. The fourth-order valence-electron chi connectivity index (χ4n) is 2.06. The molecule has 0 saturated heterocycles. The Balaban J connectivity index is 2.53. The molecule has 1 aromatic heterocycles. The monoisotopic (exact) mass is 217 g/mol. The van der Waals surface area contributed by atoms with Gasteiger partial charge in [-0.15, -0.1) is 0 Å². The van der Waals surface area contributed by atoms with Gasteiger partial charge in [-0.2, -0.15) is 0 Å². The van der Waals surface area contributed by atoms with Gasteiger partial charge in [0.15, 0.2) is 0 Å². The number of aryl methyl sites for hydroxylation is 1. The van der Waals surface area contributed by atoms with Crippen LogP contribution in [-0.4, -0.2) is 15.6 Å². The zero-order chi connectivity index (χ0) is 11.5. The van der Waals surface area contributed by atoms with E-state index in [0.29, 0.717) is 0 Å². The number of benzene rings is 1. The summed E-state index contributed by atoms with van der Waals surface area (Å²) in [5.41, 5.74) is 2.01. The topological polar surface area (TPSA) is 42.2 Å². The summed E-state index contributed by atoms with van der Waals surface area (Å²) in [6, 6.07) is 9.99. The Kier molecular flexibility index (Phi) is 2.95. The van der Waals surface area contributed by atoms with Crippen molar-refractivity contribution in [3.05, 3.63) is 36.0 Å². The van der Waals surface area contributed by atoms with Crippen molar-refractivity contribution < 1.29 is 9.90 Å². The summed E-state index contributed by atoms with van der Waals surface area (Å²) in [5, 5.41) is 9.99. The predicted molar refractivity (Wildman–Crippen MR) is 63.6 cm³/mol. The van der Waals surface area contributed by atoms with Crippen LogP contribution in [0.1, 0.15) is 19.0 Å². The minimum Gasteiger partial charge on any atom is -0.481 e. The van der Waals surface area contributed by atoms with Crippen LogP contribution in [0.5, 0.6) is 0 Å². The second-order valence-electron chi connectivity index (χ2n) is 3.92. The van der Waals surface area contributed by atoms with Crippen LogP contribution in [0.25, 0.3) is 10.9 Å². The maximum absolute atomic E-state index is 10.8. The van der Waals surface area contributed by atoms with E-state index in [2.05, 4.69) is 11.5 Å². The first-order chi connectivity index (χ1) is 7.72. The molecule has 0 amide bonds. The average Bonchev–Trinajstić information content (AvgIpc) is 2.57. The molecule has 1 heterocycles. The molecule has 16 heavy (non-hydrogen) atoms. The highest BCUT2D eigenvalue weighted by Crippen LogP contribution is 2.20. The van der Waals surface area contributed by atoms with Crippen LogP contribution >= 0.6 is 0 Å². The van der Waals surface area contributed by atoms with Gasteiger partial charge >= 0.3 is 5.97 Å². The molecule has 2 aromatic rings. The van der Waals surface area contributed by atoms with Crippen LogP contribution in [0.15, 0.2) is 30.3 Å². The lowest BCUT2D eigenvalue weighted by Crippen LogP contribution is -2.07. The number of aromatic nitrogens is 1. The smallest absolute Gasteiger partial charge is 0.309 e. The highest BCUT2D eigenvalue weighted by molar-refractivity contribution is 5.83. The molecule has 0 radical (unpaired) electrons. The van der Waals surface area contributed by atoms with Crippen LogP contribution in [0.2, 0.25) is 0 Å². The molecular formula is C13H15NO2. The lowest BCUT2D eigenvalue weighted by molar-refractivity contribution is -0.136. The van der Waals surface area contributed by atoms with E-state index in [0.717, 1.165) is 29.6 Å². The number of para-hydroxylation sites is 1. The first-order valence-electron chi connectivity index (χ1n) is 5.51. The van der Waals surface area contributed by atoms with E-state index in [4.69, 9.17) is 5.11 Å². The maximum Gasteiger partial charge on any atom is 0.309 e. The zero-order valence-electron chi connectivity index (χ0n) is 9.31. The molecular weight excluding hydrogens is 202 g/mol. The van der Waals surface area contributed by atoms with Crippen molar-refractivity contribution in [2.24, 2.45) is 0 Å². The molecule has 0 spiro atoms. The predicted octanol–water partition coefficient (Wildman–Crippen LogP) is 2.68. The number of carboxylic acid groups (broad SMARTS) is 1. The second kappa shape index (κ2) is 4.39. The number of nitrogens with zero attached hydrogens (tertiary/aromatic N) is 1. The van der Waals surface area contributed by atoms with Gasteiger partial charge in [-0.1, -0.05) is 25.1 Å². The Hall–Kier alpha value is -1.77. The summed E-state index contributed by atoms with van der Waals surface area (Å²) < 4.78 is 2.10. The highest BCUT2D eigenvalue weighted by atomic mass is 16.4. The summed E-state index contributed by atoms with van der Waals surface area (Å²) in [4.78, 5) is 10.8. The molecule has 0 bridgehead atoms. The molecule has 1 aromatic carbocycles. The third-order valence-electron chi connectivity index (χ3n) is 2.68. The van der Waals surface area contributed by atoms with Gasteiger partial charge in [0.05, 0.1) is 6.42 Å². The molecule has 0 atom stereocenters. The van der Waals surface area contributed by atoms with Crippen molar-refractivity contribution in [3.63, 3.8) is 0 Å². The zero-order valence-corrected chi connectivity index (χ0v) is 9.31. The third kappa shape index (κ3) is 1.94. The van der Waals surface area contributed by atoms with E-state index in [1.807, 2.05) is 30.3 Å². The first-order valence-corrected chi connectivity index (χ1v) is 5.51. The van der Waals surface area contributed by atoms with Gasteiger partial charge < -0.3 is 9.67 Å². The van der Waals surface area contributed by atoms with Crippen molar-refractivity contribution in [2.45, 2.75) is 26.3 Å². The van der Waals surface area contributed by atoms with Gasteiger partial charge in [-0.3, -0.25) is 4.79 Å². The fourth-order valence-corrected chi connectivity index (χ4v) is 2.06. The molecule has 3 heteroatoms.